The Bertz CT molecular complexity index is 713. The van der Waals surface area contributed by atoms with Gasteiger partial charge in [0.2, 0.25) is 0 Å². The monoisotopic (exact) mass is 339 g/mol. The third kappa shape index (κ3) is 3.50. The molecule has 1 unspecified atom stereocenters. The van der Waals surface area contributed by atoms with E-state index in [0.29, 0.717) is 21.9 Å². The number of nitrogens with zero attached hydrogens (tertiary/aromatic N) is 1. The Morgan fingerprint density at radius 3 is 2.30 bits per heavy atom. The van der Waals surface area contributed by atoms with Gasteiger partial charge in [-0.05, 0) is 23.3 Å². The van der Waals surface area contributed by atoms with Crippen LogP contribution in [0.1, 0.15) is 24.0 Å². The maximum Gasteiger partial charge on any atom is 0.393 e. The van der Waals surface area contributed by atoms with E-state index in [0.717, 1.165) is 0 Å². The van der Waals surface area contributed by atoms with E-state index in [1.165, 1.54) is 0 Å². The van der Waals surface area contributed by atoms with E-state index >= 15 is 0 Å². The highest BCUT2D eigenvalue weighted by molar-refractivity contribution is 6.30. The minimum absolute atomic E-state index is 0.0537. The number of alkyl halides is 3. The highest BCUT2D eigenvalue weighted by Gasteiger charge is 2.49. The van der Waals surface area contributed by atoms with Crippen LogP contribution in [0.25, 0.3) is 0 Å². The molecule has 1 atom stereocenters. The van der Waals surface area contributed by atoms with Gasteiger partial charge in [-0.15, -0.1) is 0 Å². The van der Waals surface area contributed by atoms with Crippen LogP contribution in [0.3, 0.4) is 0 Å². The normalized spacial score (nSPS) is 21.0. The van der Waals surface area contributed by atoms with Crippen molar-refractivity contribution in [2.45, 2.75) is 24.6 Å². The summed E-state index contributed by atoms with van der Waals surface area (Å²) in [5, 5.41) is 4.48. The van der Waals surface area contributed by atoms with Gasteiger partial charge in [-0.2, -0.15) is 13.2 Å². The maximum absolute atomic E-state index is 13.1. The lowest BCUT2D eigenvalue weighted by atomic mass is 9.84. The van der Waals surface area contributed by atoms with E-state index in [-0.39, 0.29) is 6.42 Å². The van der Waals surface area contributed by atoms with Crippen LogP contribution in [0.15, 0.2) is 59.8 Å². The summed E-state index contributed by atoms with van der Waals surface area (Å²) in [6.07, 6.45) is -5.40. The average molecular weight is 340 g/mol. The largest absolute Gasteiger partial charge is 0.393 e. The van der Waals surface area contributed by atoms with E-state index in [1.54, 1.807) is 54.6 Å². The van der Waals surface area contributed by atoms with Crippen LogP contribution in [0.4, 0.5) is 13.2 Å². The minimum Gasteiger partial charge on any atom is -0.383 e. The summed E-state index contributed by atoms with van der Waals surface area (Å²) < 4.78 is 39.2. The molecule has 0 spiro atoms. The number of halogens is 4. The molecule has 0 amide bonds. The fraction of sp³-hybridized carbons (Fsp3) is 0.235. The van der Waals surface area contributed by atoms with Crippen LogP contribution in [0.5, 0.6) is 0 Å². The SMILES string of the molecule is FC(F)(F)CC1(c2ccccc2)CC(c2ccc(Cl)cc2)=NO1. The molecule has 3 rings (SSSR count). The smallest absolute Gasteiger partial charge is 0.383 e. The molecule has 6 heteroatoms. The standard InChI is InChI=1S/C17H13ClF3NO/c18-14-8-6-12(7-9-14)15-10-16(23-22-15,11-17(19,20)21)13-4-2-1-3-5-13/h1-9H,10-11H2. The molecule has 0 N–H and O–H groups in total. The van der Waals surface area contributed by atoms with E-state index in [1.807, 2.05) is 0 Å². The predicted molar refractivity (Wildman–Crippen MR) is 82.5 cm³/mol. The number of hydrogen-bond donors (Lipinski definition) is 0. The molecule has 120 valence electrons. The van der Waals surface area contributed by atoms with Crippen molar-refractivity contribution in [3.8, 4) is 0 Å². The van der Waals surface area contributed by atoms with Crippen molar-refractivity contribution in [2.75, 3.05) is 0 Å². The summed E-state index contributed by atoms with van der Waals surface area (Å²) >= 11 is 5.84. The molecule has 1 heterocycles. The second kappa shape index (κ2) is 5.89. The second-order valence-electron chi connectivity index (χ2n) is 5.47. The molecule has 2 nitrogen and oxygen atoms in total. The van der Waals surface area contributed by atoms with Gasteiger partial charge in [-0.1, -0.05) is 59.2 Å². The van der Waals surface area contributed by atoms with E-state index < -0.39 is 18.2 Å². The van der Waals surface area contributed by atoms with Gasteiger partial charge in [-0.25, -0.2) is 0 Å². The fourth-order valence-electron chi connectivity index (χ4n) is 2.69. The first-order chi connectivity index (χ1) is 10.9. The molecule has 0 radical (unpaired) electrons. The molecule has 0 saturated heterocycles. The highest BCUT2D eigenvalue weighted by atomic mass is 35.5. The molecule has 2 aromatic carbocycles. The summed E-state index contributed by atoms with van der Waals surface area (Å²) in [5.41, 5.74) is 0.128. The Balaban J connectivity index is 1.93. The summed E-state index contributed by atoms with van der Waals surface area (Å²) in [6.45, 7) is 0. The molecular weight excluding hydrogens is 327 g/mol. The first-order valence-corrected chi connectivity index (χ1v) is 7.39. The Morgan fingerprint density at radius 1 is 1.04 bits per heavy atom. The Hall–Kier alpha value is -2.01. The van der Waals surface area contributed by atoms with E-state index in [9.17, 15) is 13.2 Å². The minimum atomic E-state index is -4.36. The molecule has 0 fully saturated rings. The fourth-order valence-corrected chi connectivity index (χ4v) is 2.82. The maximum atomic E-state index is 13.1. The van der Waals surface area contributed by atoms with Crippen LogP contribution >= 0.6 is 11.6 Å². The van der Waals surface area contributed by atoms with Crippen molar-refractivity contribution >= 4 is 17.3 Å². The van der Waals surface area contributed by atoms with E-state index in [4.69, 9.17) is 16.4 Å². The van der Waals surface area contributed by atoms with Crippen LogP contribution in [-0.4, -0.2) is 11.9 Å². The topological polar surface area (TPSA) is 21.6 Å². The van der Waals surface area contributed by atoms with Gasteiger partial charge < -0.3 is 4.84 Å². The van der Waals surface area contributed by atoms with Gasteiger partial charge in [-0.3, -0.25) is 0 Å². The number of oxime groups is 1. The molecule has 1 aliphatic heterocycles. The first-order valence-electron chi connectivity index (χ1n) is 7.01. The summed E-state index contributed by atoms with van der Waals surface area (Å²) in [6, 6.07) is 15.2. The zero-order valence-corrected chi connectivity index (χ0v) is 12.7. The molecule has 23 heavy (non-hydrogen) atoms. The lowest BCUT2D eigenvalue weighted by molar-refractivity contribution is -0.186. The van der Waals surface area contributed by atoms with Crippen LogP contribution in [0.2, 0.25) is 5.02 Å². The van der Waals surface area contributed by atoms with E-state index in [2.05, 4.69) is 5.16 Å². The van der Waals surface area contributed by atoms with Crippen LogP contribution < -0.4 is 0 Å². The predicted octanol–water partition coefficient (Wildman–Crippen LogP) is 5.31. The Kier molecular flexibility index (Phi) is 4.06. The molecule has 0 aromatic heterocycles. The van der Waals surface area contributed by atoms with Gasteiger partial charge in [0, 0.05) is 11.4 Å². The Morgan fingerprint density at radius 2 is 1.70 bits per heavy atom. The second-order valence-corrected chi connectivity index (χ2v) is 5.90. The zero-order valence-electron chi connectivity index (χ0n) is 12.0. The molecule has 0 aliphatic carbocycles. The third-order valence-electron chi connectivity index (χ3n) is 3.75. The summed E-state index contributed by atoms with van der Waals surface area (Å²) in [7, 11) is 0. The van der Waals surface area contributed by atoms with Crippen molar-refractivity contribution in [1.82, 2.24) is 0 Å². The van der Waals surface area contributed by atoms with Crippen LogP contribution in [-0.2, 0) is 10.4 Å². The van der Waals surface area contributed by atoms with Crippen molar-refractivity contribution in [2.24, 2.45) is 5.16 Å². The number of rotatable bonds is 3. The molecule has 2 aromatic rings. The highest BCUT2D eigenvalue weighted by Crippen LogP contribution is 2.44. The van der Waals surface area contributed by atoms with Crippen molar-refractivity contribution in [1.29, 1.82) is 0 Å². The summed E-state index contributed by atoms with van der Waals surface area (Å²) in [5.74, 6) is 0. The number of benzene rings is 2. The summed E-state index contributed by atoms with van der Waals surface area (Å²) in [4.78, 5) is 5.33. The lowest BCUT2D eigenvalue weighted by Crippen LogP contribution is -2.32. The molecule has 1 aliphatic rings. The van der Waals surface area contributed by atoms with Gasteiger partial charge >= 0.3 is 6.18 Å². The van der Waals surface area contributed by atoms with Crippen molar-refractivity contribution < 1.29 is 18.0 Å². The van der Waals surface area contributed by atoms with Crippen LogP contribution in [0, 0.1) is 0 Å². The average Bonchev–Trinajstić information content (AvgIpc) is 2.92. The number of hydrogen-bond acceptors (Lipinski definition) is 2. The van der Waals surface area contributed by atoms with Gasteiger partial charge in [0.25, 0.3) is 0 Å². The van der Waals surface area contributed by atoms with Crippen molar-refractivity contribution in [3.63, 3.8) is 0 Å². The lowest BCUT2D eigenvalue weighted by Gasteiger charge is -2.28. The third-order valence-corrected chi connectivity index (χ3v) is 4.00. The van der Waals surface area contributed by atoms with Crippen molar-refractivity contribution in [3.05, 3.63) is 70.7 Å². The molecule has 0 saturated carbocycles. The quantitative estimate of drug-likeness (QED) is 0.742. The molecule has 0 bridgehead atoms. The Labute approximate surface area is 136 Å². The van der Waals surface area contributed by atoms with Gasteiger partial charge in [0.05, 0.1) is 12.1 Å². The van der Waals surface area contributed by atoms with Gasteiger partial charge in [0.15, 0.2) is 5.60 Å². The molecular formula is C17H13ClF3NO. The first kappa shape index (κ1) is 15.9. The van der Waals surface area contributed by atoms with Gasteiger partial charge in [0.1, 0.15) is 0 Å². The zero-order chi connectivity index (χ0) is 16.5.